The molecule has 0 fully saturated rings. The fraction of sp³-hybridized carbons (Fsp3) is 0.435. The number of guanidine groups is 1. The summed E-state index contributed by atoms with van der Waals surface area (Å²) in [5, 5.41) is 6.58. The van der Waals surface area contributed by atoms with E-state index in [1.807, 2.05) is 43.3 Å². The summed E-state index contributed by atoms with van der Waals surface area (Å²) in [6.45, 7) is 6.94. The van der Waals surface area contributed by atoms with Crippen molar-refractivity contribution in [1.29, 1.82) is 0 Å². The Kier molecular flexibility index (Phi) is 12.5. The number of unbranched alkanes of at least 4 members (excludes halogenated alkanes) is 1. The fourth-order valence-corrected chi connectivity index (χ4v) is 3.44. The second kappa shape index (κ2) is 14.3. The Morgan fingerprint density at radius 3 is 2.42 bits per heavy atom. The van der Waals surface area contributed by atoms with Crippen LogP contribution in [0.3, 0.4) is 0 Å². The van der Waals surface area contributed by atoms with E-state index in [4.69, 9.17) is 4.74 Å². The molecule has 0 atom stereocenters. The second-order valence-electron chi connectivity index (χ2n) is 7.14. The van der Waals surface area contributed by atoms with Gasteiger partial charge in [0, 0.05) is 19.3 Å². The molecule has 0 aliphatic rings. The Morgan fingerprint density at radius 2 is 1.77 bits per heavy atom. The minimum absolute atomic E-state index is 0. The van der Waals surface area contributed by atoms with Crippen LogP contribution < -0.4 is 15.4 Å². The molecular formula is C23H34IN3O3S. The van der Waals surface area contributed by atoms with Crippen molar-refractivity contribution >= 4 is 39.8 Å². The van der Waals surface area contributed by atoms with Gasteiger partial charge < -0.3 is 15.4 Å². The quantitative estimate of drug-likeness (QED) is 0.187. The highest BCUT2D eigenvalue weighted by Crippen LogP contribution is 2.14. The molecule has 2 aromatic carbocycles. The first-order valence-electron chi connectivity index (χ1n) is 10.4. The average Bonchev–Trinajstić information content (AvgIpc) is 2.72. The molecule has 0 aliphatic heterocycles. The molecule has 2 N–H and O–H groups in total. The largest absolute Gasteiger partial charge is 0.494 e. The van der Waals surface area contributed by atoms with Gasteiger partial charge in [0.25, 0.3) is 0 Å². The van der Waals surface area contributed by atoms with E-state index in [0.717, 1.165) is 55.3 Å². The number of benzene rings is 2. The van der Waals surface area contributed by atoms with Gasteiger partial charge in [-0.1, -0.05) is 37.6 Å². The summed E-state index contributed by atoms with van der Waals surface area (Å²) in [4.78, 5) is 5.00. The summed E-state index contributed by atoms with van der Waals surface area (Å²) in [7, 11) is -3.16. The molecule has 2 aromatic rings. The summed E-state index contributed by atoms with van der Waals surface area (Å²) < 4.78 is 28.9. The first-order valence-corrected chi connectivity index (χ1v) is 12.3. The van der Waals surface area contributed by atoms with Crippen LogP contribution in [0.2, 0.25) is 0 Å². The summed E-state index contributed by atoms with van der Waals surface area (Å²) in [6.07, 6.45) is 4.16. The van der Waals surface area contributed by atoms with E-state index >= 15 is 0 Å². The molecule has 0 aliphatic carbocycles. The number of rotatable bonds is 11. The van der Waals surface area contributed by atoms with Crippen molar-refractivity contribution in [1.82, 2.24) is 10.6 Å². The lowest BCUT2D eigenvalue weighted by molar-refractivity contribution is 0.309. The highest BCUT2D eigenvalue weighted by molar-refractivity contribution is 14.0. The van der Waals surface area contributed by atoms with Gasteiger partial charge in [-0.3, -0.25) is 0 Å². The van der Waals surface area contributed by atoms with Crippen LogP contribution in [0.25, 0.3) is 0 Å². The molecule has 0 unspecified atom stereocenters. The maximum absolute atomic E-state index is 11.6. The van der Waals surface area contributed by atoms with Crippen molar-refractivity contribution < 1.29 is 13.2 Å². The molecule has 0 aromatic heterocycles. The lowest BCUT2D eigenvalue weighted by atomic mass is 10.1. The minimum Gasteiger partial charge on any atom is -0.494 e. The lowest BCUT2D eigenvalue weighted by Gasteiger charge is -2.12. The average molecular weight is 560 g/mol. The Labute approximate surface area is 203 Å². The molecule has 0 bridgehead atoms. The van der Waals surface area contributed by atoms with Crippen LogP contribution in [0.5, 0.6) is 5.75 Å². The number of nitrogens with zero attached hydrogens (tertiary/aromatic N) is 1. The van der Waals surface area contributed by atoms with E-state index in [2.05, 4.69) is 22.5 Å². The molecule has 0 saturated carbocycles. The second-order valence-corrected chi connectivity index (χ2v) is 9.15. The number of sulfone groups is 1. The standard InChI is InChI=1S/C23H33N3O3S.HI/c1-4-6-16-29-21-9-7-8-20(17-21)18-26-23(24-5-2)25-15-14-19-10-12-22(13-11-19)30(3,27)28;/h7-13,17H,4-6,14-16,18H2,1-3H3,(H2,24,25,26);1H. The molecule has 0 radical (unpaired) electrons. The zero-order chi connectivity index (χ0) is 21.8. The smallest absolute Gasteiger partial charge is 0.191 e. The van der Waals surface area contributed by atoms with Crippen LogP contribution in [-0.2, 0) is 22.8 Å². The number of halogens is 1. The first-order chi connectivity index (χ1) is 14.4. The van der Waals surface area contributed by atoms with Gasteiger partial charge in [-0.2, -0.15) is 0 Å². The van der Waals surface area contributed by atoms with Crippen LogP contribution in [0.1, 0.15) is 37.8 Å². The van der Waals surface area contributed by atoms with Crippen LogP contribution in [-0.4, -0.2) is 40.3 Å². The van der Waals surface area contributed by atoms with Crippen molar-refractivity contribution in [2.45, 2.75) is 44.6 Å². The van der Waals surface area contributed by atoms with Crippen LogP contribution in [0, 0.1) is 0 Å². The number of aliphatic imine (C=N–C) groups is 1. The molecule has 6 nitrogen and oxygen atoms in total. The molecule has 0 amide bonds. The zero-order valence-electron chi connectivity index (χ0n) is 18.6. The SMILES string of the molecule is CCCCOc1cccc(CN=C(NCC)NCCc2ccc(S(C)(=O)=O)cc2)c1.I. The summed E-state index contributed by atoms with van der Waals surface area (Å²) >= 11 is 0. The number of ether oxygens (including phenoxy) is 1. The Morgan fingerprint density at radius 1 is 1.03 bits per heavy atom. The molecule has 0 heterocycles. The Hall–Kier alpha value is -1.81. The Balaban J connectivity index is 0.00000480. The van der Waals surface area contributed by atoms with Gasteiger partial charge in [0.1, 0.15) is 5.75 Å². The number of nitrogens with one attached hydrogen (secondary N) is 2. The van der Waals surface area contributed by atoms with Crippen molar-refractivity contribution in [2.75, 3.05) is 26.0 Å². The van der Waals surface area contributed by atoms with E-state index in [1.165, 1.54) is 6.26 Å². The predicted octanol–water partition coefficient (Wildman–Crippen LogP) is 4.18. The van der Waals surface area contributed by atoms with E-state index in [1.54, 1.807) is 12.1 Å². The first kappa shape index (κ1) is 27.2. The molecule has 31 heavy (non-hydrogen) atoms. The zero-order valence-corrected chi connectivity index (χ0v) is 21.7. The third kappa shape index (κ3) is 10.4. The van der Waals surface area contributed by atoms with Crippen LogP contribution in [0.15, 0.2) is 58.4 Å². The van der Waals surface area contributed by atoms with Gasteiger partial charge in [0.05, 0.1) is 18.0 Å². The third-order valence-corrected chi connectivity index (χ3v) is 5.62. The monoisotopic (exact) mass is 559 g/mol. The molecule has 172 valence electrons. The van der Waals surface area contributed by atoms with Crippen molar-refractivity contribution in [3.63, 3.8) is 0 Å². The van der Waals surface area contributed by atoms with E-state index < -0.39 is 9.84 Å². The maximum atomic E-state index is 11.6. The summed E-state index contributed by atoms with van der Waals surface area (Å²) in [5.74, 6) is 1.63. The highest BCUT2D eigenvalue weighted by atomic mass is 127. The van der Waals surface area contributed by atoms with E-state index in [0.29, 0.717) is 18.0 Å². The summed E-state index contributed by atoms with van der Waals surface area (Å²) in [6, 6.07) is 15.1. The van der Waals surface area contributed by atoms with Crippen LogP contribution >= 0.6 is 24.0 Å². The van der Waals surface area contributed by atoms with Gasteiger partial charge in [-0.15, -0.1) is 24.0 Å². The third-order valence-electron chi connectivity index (χ3n) is 4.49. The van der Waals surface area contributed by atoms with Gasteiger partial charge in [0.15, 0.2) is 15.8 Å². The lowest BCUT2D eigenvalue weighted by Crippen LogP contribution is -2.38. The molecular weight excluding hydrogens is 525 g/mol. The Bertz CT molecular complexity index is 916. The molecule has 0 spiro atoms. The van der Waals surface area contributed by atoms with Gasteiger partial charge in [-0.05, 0) is 55.2 Å². The normalized spacial score (nSPS) is 11.5. The van der Waals surface area contributed by atoms with Gasteiger partial charge >= 0.3 is 0 Å². The number of hydrogen-bond donors (Lipinski definition) is 2. The molecule has 8 heteroatoms. The predicted molar refractivity (Wildman–Crippen MR) is 138 cm³/mol. The fourth-order valence-electron chi connectivity index (χ4n) is 2.81. The minimum atomic E-state index is -3.16. The highest BCUT2D eigenvalue weighted by Gasteiger charge is 2.06. The molecule has 0 saturated heterocycles. The van der Waals surface area contributed by atoms with Crippen molar-refractivity contribution in [3.8, 4) is 5.75 Å². The van der Waals surface area contributed by atoms with Gasteiger partial charge in [-0.25, -0.2) is 13.4 Å². The van der Waals surface area contributed by atoms with Crippen molar-refractivity contribution in [3.05, 3.63) is 59.7 Å². The maximum Gasteiger partial charge on any atom is 0.191 e. The van der Waals surface area contributed by atoms with E-state index in [-0.39, 0.29) is 24.0 Å². The number of hydrogen-bond acceptors (Lipinski definition) is 4. The molecule has 2 rings (SSSR count). The van der Waals surface area contributed by atoms with Crippen LogP contribution in [0.4, 0.5) is 0 Å². The van der Waals surface area contributed by atoms with Gasteiger partial charge in [0.2, 0.25) is 0 Å². The van der Waals surface area contributed by atoms with Crippen molar-refractivity contribution in [2.24, 2.45) is 4.99 Å². The van der Waals surface area contributed by atoms with E-state index in [9.17, 15) is 8.42 Å². The topological polar surface area (TPSA) is 79.8 Å². The summed E-state index contributed by atoms with van der Waals surface area (Å²) in [5.41, 5.74) is 2.17.